The second-order valence-electron chi connectivity index (χ2n) is 3.42. The maximum Gasteiger partial charge on any atom is 0.262 e. The van der Waals surface area contributed by atoms with Crippen LogP contribution >= 0.6 is 0 Å². The molecule has 0 amide bonds. The third kappa shape index (κ3) is 3.46. The monoisotopic (exact) mass is 201 g/mol. The predicted octanol–water partition coefficient (Wildman–Crippen LogP) is 2.15. The molecule has 4 nitrogen and oxygen atoms in total. The van der Waals surface area contributed by atoms with E-state index in [1.165, 1.54) is 6.08 Å². The van der Waals surface area contributed by atoms with E-state index in [2.05, 4.69) is 6.92 Å². The Morgan fingerprint density at radius 2 is 2.14 bits per heavy atom. The first-order valence-corrected chi connectivity index (χ1v) is 5.06. The zero-order valence-electron chi connectivity index (χ0n) is 8.90. The quantitative estimate of drug-likeness (QED) is 0.297. The highest BCUT2D eigenvalue weighted by molar-refractivity contribution is 5.00. The average Bonchev–Trinajstić information content (AvgIpc) is 2.18. The molecule has 14 heavy (non-hydrogen) atoms. The molecule has 0 radical (unpaired) electrons. The molecule has 0 aromatic carbocycles. The number of unbranched alkanes of at least 4 members (excludes halogenated alkanes) is 2. The van der Waals surface area contributed by atoms with Crippen molar-refractivity contribution in [2.45, 2.75) is 45.1 Å². The van der Waals surface area contributed by atoms with E-state index >= 15 is 0 Å². The summed E-state index contributed by atoms with van der Waals surface area (Å²) in [6.07, 6.45) is 6.58. The van der Waals surface area contributed by atoms with Gasteiger partial charge in [-0.15, -0.1) is 0 Å². The molecule has 0 saturated heterocycles. The van der Waals surface area contributed by atoms with Crippen molar-refractivity contribution in [3.8, 4) is 0 Å². The van der Waals surface area contributed by atoms with E-state index in [-0.39, 0.29) is 0 Å². The van der Waals surface area contributed by atoms with Crippen LogP contribution < -0.4 is 0 Å². The van der Waals surface area contributed by atoms with Gasteiger partial charge in [-0.1, -0.05) is 32.8 Å². The Hall–Kier alpha value is -0.900. The lowest BCUT2D eigenvalue weighted by Gasteiger charge is -2.17. The first kappa shape index (κ1) is 13.1. The molecule has 0 aliphatic carbocycles. The fourth-order valence-electron chi connectivity index (χ4n) is 1.15. The summed E-state index contributed by atoms with van der Waals surface area (Å²) in [5.41, 5.74) is -1.27. The zero-order valence-corrected chi connectivity index (χ0v) is 8.90. The first-order chi connectivity index (χ1) is 6.63. The smallest absolute Gasteiger partial charge is 0.262 e. The van der Waals surface area contributed by atoms with E-state index in [0.717, 1.165) is 19.3 Å². The highest BCUT2D eigenvalue weighted by Crippen LogP contribution is 2.16. The summed E-state index contributed by atoms with van der Waals surface area (Å²) in [6.45, 7) is 3.35. The van der Waals surface area contributed by atoms with Gasteiger partial charge in [0.25, 0.3) is 5.54 Å². The topological polar surface area (TPSA) is 63.4 Å². The minimum Gasteiger partial charge on any atom is -0.389 e. The van der Waals surface area contributed by atoms with Crippen molar-refractivity contribution in [2.75, 3.05) is 6.61 Å². The summed E-state index contributed by atoms with van der Waals surface area (Å²) in [5, 5.41) is 19.8. The minimum atomic E-state index is -1.27. The van der Waals surface area contributed by atoms with Crippen LogP contribution in [0.4, 0.5) is 0 Å². The van der Waals surface area contributed by atoms with Crippen LogP contribution in [0.3, 0.4) is 0 Å². The molecule has 1 atom stereocenters. The van der Waals surface area contributed by atoms with Gasteiger partial charge in [-0.2, -0.15) is 0 Å². The number of rotatable bonds is 7. The molecule has 0 aliphatic rings. The van der Waals surface area contributed by atoms with E-state index in [1.807, 2.05) is 0 Å². The van der Waals surface area contributed by atoms with Gasteiger partial charge in [-0.25, -0.2) is 0 Å². The van der Waals surface area contributed by atoms with Gasteiger partial charge in [0.05, 0.1) is 0 Å². The van der Waals surface area contributed by atoms with Crippen molar-refractivity contribution in [1.29, 1.82) is 0 Å². The summed E-state index contributed by atoms with van der Waals surface area (Å²) in [7, 11) is 0. The number of allylic oxidation sites excluding steroid dienone is 1. The third-order valence-corrected chi connectivity index (χ3v) is 2.40. The Kier molecular flexibility index (Phi) is 6.12. The highest BCUT2D eigenvalue weighted by Gasteiger charge is 2.36. The second-order valence-corrected chi connectivity index (χ2v) is 3.42. The molecule has 1 unspecified atom stereocenters. The molecule has 0 spiro atoms. The van der Waals surface area contributed by atoms with Gasteiger partial charge < -0.3 is 5.11 Å². The lowest BCUT2D eigenvalue weighted by molar-refractivity contribution is -0.559. The number of aliphatic hydroxyl groups excluding tert-OH is 1. The van der Waals surface area contributed by atoms with Crippen LogP contribution in [-0.4, -0.2) is 22.2 Å². The third-order valence-electron chi connectivity index (χ3n) is 2.40. The van der Waals surface area contributed by atoms with Crippen LogP contribution in [-0.2, 0) is 0 Å². The van der Waals surface area contributed by atoms with Crippen molar-refractivity contribution in [3.05, 3.63) is 22.3 Å². The average molecular weight is 201 g/mol. The molecule has 0 rings (SSSR count). The Morgan fingerprint density at radius 3 is 2.50 bits per heavy atom. The van der Waals surface area contributed by atoms with Gasteiger partial charge in [0, 0.05) is 11.3 Å². The Balaban J connectivity index is 4.35. The standard InChI is InChI=1S/C10H19NO3/c1-3-5-6-7-8-10(4-2,9-12)11(13)14/h7-8,12H,3-6,9H2,1-2H3/b8-7+. The number of nitro groups is 1. The van der Waals surface area contributed by atoms with Crippen LogP contribution in [0, 0.1) is 10.1 Å². The van der Waals surface area contributed by atoms with Crippen LogP contribution in [0.15, 0.2) is 12.2 Å². The molecule has 0 fully saturated rings. The predicted molar refractivity (Wildman–Crippen MR) is 55.8 cm³/mol. The molecule has 0 saturated carbocycles. The summed E-state index contributed by atoms with van der Waals surface area (Å²) in [6, 6.07) is 0. The number of nitrogens with zero attached hydrogens (tertiary/aromatic N) is 1. The molecule has 0 bridgehead atoms. The molecule has 0 aliphatic heterocycles. The van der Waals surface area contributed by atoms with Gasteiger partial charge in [-0.05, 0) is 12.5 Å². The summed E-state index contributed by atoms with van der Waals surface area (Å²) >= 11 is 0. The Morgan fingerprint density at radius 1 is 1.50 bits per heavy atom. The molecule has 1 N–H and O–H groups in total. The number of hydrogen-bond acceptors (Lipinski definition) is 3. The first-order valence-electron chi connectivity index (χ1n) is 5.06. The summed E-state index contributed by atoms with van der Waals surface area (Å²) in [5.74, 6) is 0. The van der Waals surface area contributed by atoms with Crippen LogP contribution in [0.5, 0.6) is 0 Å². The van der Waals surface area contributed by atoms with E-state index in [0.29, 0.717) is 6.42 Å². The molecular formula is C10H19NO3. The highest BCUT2D eigenvalue weighted by atomic mass is 16.6. The molecule has 4 heteroatoms. The van der Waals surface area contributed by atoms with Crippen LogP contribution in [0.1, 0.15) is 39.5 Å². The molecule has 82 valence electrons. The minimum absolute atomic E-state index is 0.319. The second kappa shape index (κ2) is 6.54. The summed E-state index contributed by atoms with van der Waals surface area (Å²) in [4.78, 5) is 10.3. The molecule has 0 heterocycles. The maximum atomic E-state index is 10.7. The molecular weight excluding hydrogens is 182 g/mol. The number of aliphatic hydroxyl groups is 1. The van der Waals surface area contributed by atoms with Gasteiger partial charge in [0.15, 0.2) is 0 Å². The van der Waals surface area contributed by atoms with Gasteiger partial charge in [0.2, 0.25) is 0 Å². The Bertz CT molecular complexity index is 198. The van der Waals surface area contributed by atoms with Gasteiger partial charge >= 0.3 is 0 Å². The largest absolute Gasteiger partial charge is 0.389 e. The lowest BCUT2D eigenvalue weighted by atomic mass is 9.97. The normalized spacial score (nSPS) is 15.6. The van der Waals surface area contributed by atoms with E-state index in [9.17, 15) is 10.1 Å². The van der Waals surface area contributed by atoms with Crippen molar-refractivity contribution < 1.29 is 10.0 Å². The SMILES string of the molecule is CCCC/C=C/C(CC)(CO)[N+](=O)[O-]. The van der Waals surface area contributed by atoms with E-state index in [4.69, 9.17) is 5.11 Å². The van der Waals surface area contributed by atoms with E-state index < -0.39 is 17.1 Å². The zero-order chi connectivity index (χ0) is 11.0. The van der Waals surface area contributed by atoms with Crippen molar-refractivity contribution in [1.82, 2.24) is 0 Å². The van der Waals surface area contributed by atoms with Gasteiger partial charge in [0.1, 0.15) is 6.61 Å². The molecule has 0 aromatic rings. The maximum absolute atomic E-state index is 10.7. The fraction of sp³-hybridized carbons (Fsp3) is 0.800. The Labute approximate surface area is 84.8 Å². The van der Waals surface area contributed by atoms with Gasteiger partial charge in [-0.3, -0.25) is 10.1 Å². The van der Waals surface area contributed by atoms with Crippen molar-refractivity contribution >= 4 is 0 Å². The van der Waals surface area contributed by atoms with Crippen LogP contribution in [0.25, 0.3) is 0 Å². The lowest BCUT2D eigenvalue weighted by Crippen LogP contribution is -2.39. The van der Waals surface area contributed by atoms with Crippen molar-refractivity contribution in [3.63, 3.8) is 0 Å². The number of hydrogen-bond donors (Lipinski definition) is 1. The fourth-order valence-corrected chi connectivity index (χ4v) is 1.15. The van der Waals surface area contributed by atoms with Crippen molar-refractivity contribution in [2.24, 2.45) is 0 Å². The van der Waals surface area contributed by atoms with Crippen LogP contribution in [0.2, 0.25) is 0 Å². The summed E-state index contributed by atoms with van der Waals surface area (Å²) < 4.78 is 0. The molecule has 0 aromatic heterocycles. The van der Waals surface area contributed by atoms with E-state index in [1.54, 1.807) is 13.0 Å².